The van der Waals surface area contributed by atoms with Crippen LogP contribution in [0.4, 0.5) is 10.1 Å². The molecule has 23 heavy (non-hydrogen) atoms. The Bertz CT molecular complexity index is 714. The number of hydrogen-bond donors (Lipinski definition) is 1. The van der Waals surface area contributed by atoms with Crippen molar-refractivity contribution in [1.82, 2.24) is 14.8 Å². The summed E-state index contributed by atoms with van der Waals surface area (Å²) in [5.74, 6) is 0.479. The van der Waals surface area contributed by atoms with Crippen LogP contribution < -0.4 is 5.32 Å². The molecule has 122 valence electrons. The number of rotatable bonds is 7. The van der Waals surface area contributed by atoms with E-state index in [1.165, 1.54) is 17.8 Å². The van der Waals surface area contributed by atoms with Crippen molar-refractivity contribution in [2.24, 2.45) is 0 Å². The Morgan fingerprint density at radius 2 is 2.26 bits per heavy atom. The molecule has 5 nitrogen and oxygen atoms in total. The van der Waals surface area contributed by atoms with Crippen molar-refractivity contribution < 1.29 is 9.18 Å². The molecule has 1 N–H and O–H groups in total. The highest BCUT2D eigenvalue weighted by atomic mass is 32.2. The van der Waals surface area contributed by atoms with Crippen LogP contribution in [0, 0.1) is 12.7 Å². The molecule has 1 aromatic heterocycles. The molecule has 2 rings (SSSR count). The number of allylic oxidation sites excluding steroid dienone is 1. The van der Waals surface area contributed by atoms with Crippen LogP contribution in [0.3, 0.4) is 0 Å². The van der Waals surface area contributed by atoms with Crippen LogP contribution >= 0.6 is 11.8 Å². The lowest BCUT2D eigenvalue weighted by atomic mass is 10.2. The molecule has 0 radical (unpaired) electrons. The maximum absolute atomic E-state index is 13.5. The lowest BCUT2D eigenvalue weighted by Gasteiger charge is -2.09. The second kappa shape index (κ2) is 7.92. The highest BCUT2D eigenvalue weighted by molar-refractivity contribution is 7.99. The average molecular weight is 334 g/mol. The number of aryl methyl sites for hydroxylation is 1. The maximum atomic E-state index is 13.5. The molecule has 1 amide bonds. The Labute approximate surface area is 139 Å². The van der Waals surface area contributed by atoms with Gasteiger partial charge < -0.3 is 9.88 Å². The number of anilines is 1. The molecule has 0 fully saturated rings. The number of hydrogen-bond acceptors (Lipinski definition) is 4. The summed E-state index contributed by atoms with van der Waals surface area (Å²) in [6.07, 6.45) is 2.53. The summed E-state index contributed by atoms with van der Waals surface area (Å²) >= 11 is 1.30. The summed E-state index contributed by atoms with van der Waals surface area (Å²) in [4.78, 5) is 12.1. The number of nitrogens with one attached hydrogen (secondary N) is 1. The molecule has 0 bridgehead atoms. The topological polar surface area (TPSA) is 59.8 Å². The zero-order valence-corrected chi connectivity index (χ0v) is 14.0. The molecule has 0 saturated heterocycles. The molecule has 0 aliphatic heterocycles. The number of aromatic nitrogens is 3. The number of benzene rings is 1. The van der Waals surface area contributed by atoms with Gasteiger partial charge in [-0.3, -0.25) is 4.79 Å². The minimum absolute atomic E-state index is 0.176. The van der Waals surface area contributed by atoms with Crippen LogP contribution in [0.15, 0.2) is 36.0 Å². The van der Waals surface area contributed by atoms with Gasteiger partial charge in [-0.15, -0.1) is 16.8 Å². The van der Waals surface area contributed by atoms with E-state index < -0.39 is 0 Å². The minimum atomic E-state index is -0.339. The fraction of sp³-hybridized carbons (Fsp3) is 0.312. The van der Waals surface area contributed by atoms with Gasteiger partial charge in [0.25, 0.3) is 0 Å². The molecule has 0 aliphatic carbocycles. The molecule has 0 unspecified atom stereocenters. The third kappa shape index (κ3) is 4.19. The first kappa shape index (κ1) is 17.2. The number of thioether (sulfide) groups is 1. The first-order valence-electron chi connectivity index (χ1n) is 7.27. The normalized spacial score (nSPS) is 10.6. The van der Waals surface area contributed by atoms with Gasteiger partial charge in [-0.1, -0.05) is 30.8 Å². The van der Waals surface area contributed by atoms with E-state index in [1.807, 2.05) is 11.5 Å². The van der Waals surface area contributed by atoms with Crippen molar-refractivity contribution in [3.05, 3.63) is 48.1 Å². The number of carbonyl (C=O) groups is 1. The highest BCUT2D eigenvalue weighted by Gasteiger charge is 2.13. The largest absolute Gasteiger partial charge is 0.325 e. The fourth-order valence-electron chi connectivity index (χ4n) is 2.06. The zero-order chi connectivity index (χ0) is 16.8. The van der Waals surface area contributed by atoms with Crippen molar-refractivity contribution in [1.29, 1.82) is 0 Å². The van der Waals surface area contributed by atoms with Gasteiger partial charge in [-0.05, 0) is 19.1 Å². The first-order valence-corrected chi connectivity index (χ1v) is 8.26. The number of carbonyl (C=O) groups excluding carboxylic acids is 1. The Kier molecular flexibility index (Phi) is 5.92. The predicted molar refractivity (Wildman–Crippen MR) is 90.1 cm³/mol. The minimum Gasteiger partial charge on any atom is -0.325 e. The van der Waals surface area contributed by atoms with Crippen LogP contribution in [-0.2, 0) is 17.8 Å². The summed E-state index contributed by atoms with van der Waals surface area (Å²) < 4.78 is 15.4. The van der Waals surface area contributed by atoms with Gasteiger partial charge in [0.2, 0.25) is 5.91 Å². The van der Waals surface area contributed by atoms with Crippen LogP contribution in [0.2, 0.25) is 0 Å². The van der Waals surface area contributed by atoms with E-state index >= 15 is 0 Å². The van der Waals surface area contributed by atoms with Crippen molar-refractivity contribution >= 4 is 23.4 Å². The second-order valence-electron chi connectivity index (χ2n) is 4.90. The summed E-state index contributed by atoms with van der Waals surface area (Å²) in [5, 5.41) is 11.6. The van der Waals surface area contributed by atoms with Crippen molar-refractivity contribution in [2.45, 2.75) is 32.0 Å². The number of halogens is 1. The molecule has 1 aromatic carbocycles. The molecule has 0 aliphatic rings. The highest BCUT2D eigenvalue weighted by Crippen LogP contribution is 2.20. The fourth-order valence-corrected chi connectivity index (χ4v) is 2.83. The predicted octanol–water partition coefficient (Wildman–Crippen LogP) is 3.20. The van der Waals surface area contributed by atoms with Gasteiger partial charge in [0.05, 0.1) is 5.75 Å². The van der Waals surface area contributed by atoms with Gasteiger partial charge >= 0.3 is 0 Å². The van der Waals surface area contributed by atoms with Crippen molar-refractivity contribution in [3.63, 3.8) is 0 Å². The molecular weight excluding hydrogens is 315 g/mol. The molecule has 0 spiro atoms. The molecular formula is C16H19FN4OS. The van der Waals surface area contributed by atoms with Crippen LogP contribution in [0.25, 0.3) is 0 Å². The molecule has 1 heterocycles. The van der Waals surface area contributed by atoms with E-state index in [0.717, 1.165) is 12.2 Å². The van der Waals surface area contributed by atoms with Crippen LogP contribution in [-0.4, -0.2) is 26.4 Å². The van der Waals surface area contributed by atoms with Crippen LogP contribution in [0.1, 0.15) is 18.3 Å². The Hall–Kier alpha value is -2.15. The number of nitrogens with zero attached hydrogens (tertiary/aromatic N) is 3. The van der Waals surface area contributed by atoms with Crippen molar-refractivity contribution in [2.75, 3.05) is 11.1 Å². The van der Waals surface area contributed by atoms with E-state index in [-0.39, 0.29) is 17.5 Å². The van der Waals surface area contributed by atoms with E-state index in [0.29, 0.717) is 23.0 Å². The van der Waals surface area contributed by atoms with Crippen molar-refractivity contribution in [3.8, 4) is 0 Å². The van der Waals surface area contributed by atoms with Crippen LogP contribution in [0.5, 0.6) is 0 Å². The molecule has 0 saturated carbocycles. The quantitative estimate of drug-likeness (QED) is 0.624. The smallest absolute Gasteiger partial charge is 0.234 e. The Balaban J connectivity index is 2.01. The van der Waals surface area contributed by atoms with Gasteiger partial charge in [0.1, 0.15) is 11.6 Å². The lowest BCUT2D eigenvalue weighted by molar-refractivity contribution is -0.113. The second-order valence-corrected chi connectivity index (χ2v) is 5.84. The van der Waals surface area contributed by atoms with Gasteiger partial charge in [-0.25, -0.2) is 4.39 Å². The number of amides is 1. The van der Waals surface area contributed by atoms with E-state index in [1.54, 1.807) is 25.1 Å². The molecule has 2 aromatic rings. The summed E-state index contributed by atoms with van der Waals surface area (Å²) in [5.41, 5.74) is 0.909. The Morgan fingerprint density at radius 1 is 1.48 bits per heavy atom. The first-order chi connectivity index (χ1) is 11.1. The van der Waals surface area contributed by atoms with Gasteiger partial charge in [0.15, 0.2) is 5.16 Å². The van der Waals surface area contributed by atoms with E-state index in [4.69, 9.17) is 0 Å². The lowest BCUT2D eigenvalue weighted by Crippen LogP contribution is -2.15. The summed E-state index contributed by atoms with van der Waals surface area (Å²) in [6.45, 7) is 7.95. The molecule has 0 atom stereocenters. The zero-order valence-electron chi connectivity index (χ0n) is 13.2. The van der Waals surface area contributed by atoms with Gasteiger partial charge in [-0.2, -0.15) is 0 Å². The standard InChI is InChI=1S/C16H19FN4OS/c1-4-9-21-14(5-2)19-20-16(21)23-10-15(22)18-13-8-6-7-12(17)11(13)3/h4,6-8H,1,5,9-10H2,2-3H3,(H,18,22). The Morgan fingerprint density at radius 3 is 2.96 bits per heavy atom. The third-order valence-corrected chi connectivity index (χ3v) is 4.26. The van der Waals surface area contributed by atoms with E-state index in [9.17, 15) is 9.18 Å². The third-order valence-electron chi connectivity index (χ3n) is 3.30. The summed E-state index contributed by atoms with van der Waals surface area (Å²) in [7, 11) is 0. The molecule has 7 heteroatoms. The summed E-state index contributed by atoms with van der Waals surface area (Å²) in [6, 6.07) is 4.61. The SMILES string of the molecule is C=CCn1c(CC)nnc1SCC(=O)Nc1cccc(F)c1C. The average Bonchev–Trinajstić information content (AvgIpc) is 2.92. The van der Waals surface area contributed by atoms with Gasteiger partial charge in [0, 0.05) is 24.2 Å². The van der Waals surface area contributed by atoms with E-state index in [2.05, 4.69) is 22.1 Å². The maximum Gasteiger partial charge on any atom is 0.234 e. The monoisotopic (exact) mass is 334 g/mol.